The number of nitrogens with zero attached hydrogens (tertiary/aromatic N) is 2. The van der Waals surface area contributed by atoms with E-state index in [1.807, 2.05) is 38.6 Å². The molecule has 0 radical (unpaired) electrons. The minimum atomic E-state index is -0.635. The monoisotopic (exact) mass is 353 g/mol. The highest BCUT2D eigenvalue weighted by atomic mass is 19.1. The molecule has 5 heteroatoms. The second-order valence-corrected chi connectivity index (χ2v) is 6.93. The Labute approximate surface area is 149 Å². The number of hydrogen-bond donors (Lipinski definition) is 0. The maximum atomic E-state index is 14.8. The van der Waals surface area contributed by atoms with Crippen LogP contribution in [0.1, 0.15) is 22.3 Å². The molecule has 0 aliphatic rings. The average molecular weight is 353 g/mol. The average Bonchev–Trinajstić information content (AvgIpc) is 2.91. The molecule has 0 amide bonds. The summed E-state index contributed by atoms with van der Waals surface area (Å²) in [5, 5.41) is 0.871. The Hall–Kier alpha value is -2.82. The smallest absolute Gasteiger partial charge is 0.230 e. The minimum absolute atomic E-state index is 0.120. The second-order valence-electron chi connectivity index (χ2n) is 6.93. The van der Waals surface area contributed by atoms with Gasteiger partial charge in [0, 0.05) is 11.6 Å². The Morgan fingerprint density at radius 1 is 0.885 bits per heavy atom. The van der Waals surface area contributed by atoms with E-state index >= 15 is 0 Å². The standard InChI is InChI=1S/C21H19F2N2O/c1-10-7-15(25(5)9-13(10)4)17-11(2)6-14(22)19-18-12(3)8-16(23)24-21(18)26-20(17)19/h6-9H,1-5H3/q+1. The summed E-state index contributed by atoms with van der Waals surface area (Å²) in [7, 11) is 1.95. The summed E-state index contributed by atoms with van der Waals surface area (Å²) in [4.78, 5) is 3.83. The molecular weight excluding hydrogens is 334 g/mol. The fourth-order valence-corrected chi connectivity index (χ4v) is 3.61. The first-order valence-electron chi connectivity index (χ1n) is 8.43. The Morgan fingerprint density at radius 3 is 2.35 bits per heavy atom. The van der Waals surface area contributed by atoms with E-state index in [0.717, 1.165) is 27.9 Å². The van der Waals surface area contributed by atoms with Crippen molar-refractivity contribution in [2.75, 3.05) is 0 Å². The molecule has 26 heavy (non-hydrogen) atoms. The van der Waals surface area contributed by atoms with Crippen LogP contribution in [0, 0.1) is 39.5 Å². The maximum absolute atomic E-state index is 14.8. The first-order chi connectivity index (χ1) is 12.3. The summed E-state index contributed by atoms with van der Waals surface area (Å²) in [6.45, 7) is 7.66. The zero-order valence-electron chi connectivity index (χ0n) is 15.4. The molecule has 4 rings (SSSR count). The number of furan rings is 1. The molecule has 0 N–H and O–H groups in total. The zero-order chi connectivity index (χ0) is 18.7. The van der Waals surface area contributed by atoms with Crippen molar-refractivity contribution in [3.63, 3.8) is 0 Å². The van der Waals surface area contributed by atoms with Crippen LogP contribution in [0.2, 0.25) is 0 Å². The van der Waals surface area contributed by atoms with Crippen LogP contribution >= 0.6 is 0 Å². The van der Waals surface area contributed by atoms with Gasteiger partial charge in [0.1, 0.15) is 12.9 Å². The first-order valence-corrected chi connectivity index (χ1v) is 8.43. The molecule has 132 valence electrons. The van der Waals surface area contributed by atoms with Crippen molar-refractivity contribution in [3.8, 4) is 11.3 Å². The SMILES string of the molecule is Cc1cc(-c2c(C)cc(F)c3c2oc2nc(F)cc(C)c23)[n+](C)cc1C. The number of aryl methyl sites for hydroxylation is 5. The van der Waals surface area contributed by atoms with Gasteiger partial charge in [-0.2, -0.15) is 9.37 Å². The summed E-state index contributed by atoms with van der Waals surface area (Å²) < 4.78 is 36.4. The van der Waals surface area contributed by atoms with Gasteiger partial charge >= 0.3 is 0 Å². The summed E-state index contributed by atoms with van der Waals surface area (Å²) in [5.41, 5.74) is 5.88. The largest absolute Gasteiger partial charge is 0.437 e. The molecule has 0 fully saturated rings. The summed E-state index contributed by atoms with van der Waals surface area (Å²) in [6, 6.07) is 4.86. The highest BCUT2D eigenvalue weighted by molar-refractivity contribution is 6.10. The summed E-state index contributed by atoms with van der Waals surface area (Å²) in [5.74, 6) is -1.02. The number of hydrogen-bond acceptors (Lipinski definition) is 2. The molecule has 0 saturated carbocycles. The van der Waals surface area contributed by atoms with Gasteiger partial charge in [-0.25, -0.2) is 8.96 Å². The van der Waals surface area contributed by atoms with Gasteiger partial charge in [-0.05, 0) is 56.5 Å². The number of aromatic nitrogens is 2. The van der Waals surface area contributed by atoms with E-state index < -0.39 is 5.95 Å². The fourth-order valence-electron chi connectivity index (χ4n) is 3.61. The fraction of sp³-hybridized carbons (Fsp3) is 0.238. The molecule has 3 nitrogen and oxygen atoms in total. The molecule has 0 spiro atoms. The lowest BCUT2D eigenvalue weighted by Gasteiger charge is -2.08. The van der Waals surface area contributed by atoms with Crippen LogP contribution in [0.15, 0.2) is 28.8 Å². The number of halogens is 2. The molecule has 4 aromatic rings. The summed E-state index contributed by atoms with van der Waals surface area (Å²) in [6.07, 6.45) is 2.03. The van der Waals surface area contributed by atoms with Crippen LogP contribution in [0.5, 0.6) is 0 Å². The normalized spacial score (nSPS) is 11.7. The number of benzene rings is 1. The Morgan fingerprint density at radius 2 is 1.62 bits per heavy atom. The van der Waals surface area contributed by atoms with Crippen LogP contribution in [-0.4, -0.2) is 4.98 Å². The lowest BCUT2D eigenvalue weighted by Crippen LogP contribution is -2.31. The van der Waals surface area contributed by atoms with Crippen molar-refractivity contribution < 1.29 is 17.8 Å². The van der Waals surface area contributed by atoms with Crippen LogP contribution < -0.4 is 4.57 Å². The highest BCUT2D eigenvalue weighted by Gasteiger charge is 2.25. The summed E-state index contributed by atoms with van der Waals surface area (Å²) >= 11 is 0. The number of fused-ring (bicyclic) bond motifs is 3. The van der Waals surface area contributed by atoms with E-state index in [0.29, 0.717) is 21.9 Å². The van der Waals surface area contributed by atoms with Gasteiger partial charge in [0.2, 0.25) is 17.4 Å². The van der Waals surface area contributed by atoms with Crippen LogP contribution in [-0.2, 0) is 7.05 Å². The van der Waals surface area contributed by atoms with E-state index in [2.05, 4.69) is 11.1 Å². The lowest BCUT2D eigenvalue weighted by molar-refractivity contribution is -0.660. The quantitative estimate of drug-likeness (QED) is 0.357. The molecule has 0 unspecified atom stereocenters. The van der Waals surface area contributed by atoms with Gasteiger partial charge in [-0.15, -0.1) is 0 Å². The van der Waals surface area contributed by atoms with Gasteiger partial charge in [-0.3, -0.25) is 0 Å². The van der Waals surface area contributed by atoms with Crippen molar-refractivity contribution in [2.24, 2.45) is 7.05 Å². The zero-order valence-corrected chi connectivity index (χ0v) is 15.4. The number of pyridine rings is 2. The molecule has 3 heterocycles. The van der Waals surface area contributed by atoms with E-state index in [1.54, 1.807) is 6.92 Å². The Bertz CT molecular complexity index is 1210. The van der Waals surface area contributed by atoms with Gasteiger partial charge < -0.3 is 4.42 Å². The van der Waals surface area contributed by atoms with E-state index in [9.17, 15) is 8.78 Å². The molecule has 1 aromatic carbocycles. The minimum Gasteiger partial charge on any atom is -0.437 e. The number of rotatable bonds is 1. The predicted octanol–water partition coefficient (Wildman–Crippen LogP) is 4.98. The molecular formula is C21H19F2N2O+. The molecule has 0 bridgehead atoms. The highest BCUT2D eigenvalue weighted by Crippen LogP contribution is 2.39. The third-order valence-electron chi connectivity index (χ3n) is 5.03. The van der Waals surface area contributed by atoms with Crippen molar-refractivity contribution in [1.82, 2.24) is 4.98 Å². The third kappa shape index (κ3) is 2.30. The van der Waals surface area contributed by atoms with Gasteiger partial charge in [-0.1, -0.05) is 0 Å². The third-order valence-corrected chi connectivity index (χ3v) is 5.03. The maximum Gasteiger partial charge on any atom is 0.230 e. The van der Waals surface area contributed by atoms with Crippen molar-refractivity contribution in [2.45, 2.75) is 27.7 Å². The second kappa shape index (κ2) is 5.59. The van der Waals surface area contributed by atoms with Crippen LogP contribution in [0.3, 0.4) is 0 Å². The molecule has 3 aromatic heterocycles. The molecule has 0 saturated heterocycles. The Kier molecular flexibility index (Phi) is 3.58. The topological polar surface area (TPSA) is 29.9 Å². The van der Waals surface area contributed by atoms with Crippen molar-refractivity contribution in [3.05, 3.63) is 58.4 Å². The first kappa shape index (κ1) is 16.6. The predicted molar refractivity (Wildman–Crippen MR) is 97.0 cm³/mol. The molecule has 0 aliphatic heterocycles. The van der Waals surface area contributed by atoms with Gasteiger partial charge in [0.25, 0.3) is 0 Å². The lowest BCUT2D eigenvalue weighted by atomic mass is 9.98. The van der Waals surface area contributed by atoms with E-state index in [-0.39, 0.29) is 11.5 Å². The van der Waals surface area contributed by atoms with Gasteiger partial charge in [0.15, 0.2) is 11.8 Å². The Balaban J connectivity index is 2.21. The van der Waals surface area contributed by atoms with Crippen molar-refractivity contribution in [1.29, 1.82) is 0 Å². The van der Waals surface area contributed by atoms with Gasteiger partial charge in [0.05, 0.1) is 16.3 Å². The van der Waals surface area contributed by atoms with E-state index in [4.69, 9.17) is 4.42 Å². The molecule has 0 aliphatic carbocycles. The van der Waals surface area contributed by atoms with E-state index in [1.165, 1.54) is 12.1 Å². The molecule has 0 atom stereocenters. The van der Waals surface area contributed by atoms with Crippen LogP contribution in [0.25, 0.3) is 33.3 Å². The van der Waals surface area contributed by atoms with Crippen LogP contribution in [0.4, 0.5) is 8.78 Å². The van der Waals surface area contributed by atoms with Crippen molar-refractivity contribution >= 4 is 22.1 Å².